The van der Waals surface area contributed by atoms with Crippen LogP contribution in [-0.4, -0.2) is 37.1 Å². The molecule has 0 aromatic heterocycles. The predicted molar refractivity (Wildman–Crippen MR) is 74.4 cm³/mol. The fourth-order valence-corrected chi connectivity index (χ4v) is 1.43. The Bertz CT molecular complexity index is 333. The minimum absolute atomic E-state index is 0.244. The Hall–Kier alpha value is -1.10. The Kier molecular flexibility index (Phi) is 7.48. The average molecular weight is 268 g/mol. The van der Waals surface area contributed by atoms with Gasteiger partial charge in [0, 0.05) is 0 Å². The zero-order valence-corrected chi connectivity index (χ0v) is 12.0. The molecular formula is C15H24O4. The molecule has 1 unspecified atom stereocenters. The van der Waals surface area contributed by atoms with Crippen LogP contribution in [0, 0.1) is 0 Å². The molecule has 1 aromatic rings. The maximum absolute atomic E-state index is 9.12. The van der Waals surface area contributed by atoms with Crippen molar-refractivity contribution >= 4 is 0 Å². The Labute approximate surface area is 115 Å². The summed E-state index contributed by atoms with van der Waals surface area (Å²) in [7, 11) is 0. The Balaban J connectivity index is 2.20. The van der Waals surface area contributed by atoms with Gasteiger partial charge >= 0.3 is 0 Å². The third-order valence-corrected chi connectivity index (χ3v) is 2.36. The van der Waals surface area contributed by atoms with E-state index in [4.69, 9.17) is 19.3 Å². The number of aliphatic hydroxyl groups excluding tert-OH is 1. The van der Waals surface area contributed by atoms with E-state index in [9.17, 15) is 0 Å². The maximum atomic E-state index is 9.12. The summed E-state index contributed by atoms with van der Waals surface area (Å²) in [6.07, 6.45) is -0.210. The van der Waals surface area contributed by atoms with Crippen molar-refractivity contribution < 1.29 is 19.3 Å². The molecule has 1 aromatic carbocycles. The molecule has 4 nitrogen and oxygen atoms in total. The van der Waals surface area contributed by atoms with Crippen LogP contribution in [0.3, 0.4) is 0 Å². The summed E-state index contributed by atoms with van der Waals surface area (Å²) in [5.74, 6) is 0.757. The minimum atomic E-state index is -0.455. The van der Waals surface area contributed by atoms with Crippen molar-refractivity contribution in [3.8, 4) is 5.75 Å². The van der Waals surface area contributed by atoms with Gasteiger partial charge in [-0.2, -0.15) is 0 Å². The molecule has 0 aliphatic heterocycles. The summed E-state index contributed by atoms with van der Waals surface area (Å²) in [5, 5.41) is 9.12. The third-order valence-electron chi connectivity index (χ3n) is 2.36. The first-order chi connectivity index (χ1) is 9.08. The number of ether oxygens (including phenoxy) is 3. The molecule has 0 bridgehead atoms. The Morgan fingerprint density at radius 3 is 2.32 bits per heavy atom. The van der Waals surface area contributed by atoms with E-state index in [0.717, 1.165) is 11.3 Å². The van der Waals surface area contributed by atoms with E-state index in [-0.39, 0.29) is 6.10 Å². The highest BCUT2D eigenvalue weighted by molar-refractivity contribution is 5.26. The first-order valence-electron chi connectivity index (χ1n) is 6.67. The van der Waals surface area contributed by atoms with Gasteiger partial charge in [0.05, 0.1) is 32.0 Å². The van der Waals surface area contributed by atoms with E-state index >= 15 is 0 Å². The van der Waals surface area contributed by atoms with Crippen LogP contribution in [0.5, 0.6) is 5.75 Å². The van der Waals surface area contributed by atoms with Gasteiger partial charge in [0.15, 0.2) is 0 Å². The highest BCUT2D eigenvalue weighted by Gasteiger charge is 1.99. The number of aliphatic hydroxyl groups is 1. The van der Waals surface area contributed by atoms with Gasteiger partial charge in [-0.05, 0) is 38.5 Å². The van der Waals surface area contributed by atoms with Gasteiger partial charge in [0.25, 0.3) is 0 Å². The van der Waals surface area contributed by atoms with Gasteiger partial charge in [0.1, 0.15) is 12.4 Å². The van der Waals surface area contributed by atoms with Gasteiger partial charge in [-0.3, -0.25) is 0 Å². The zero-order valence-electron chi connectivity index (χ0n) is 12.0. The molecule has 0 radical (unpaired) electrons. The lowest BCUT2D eigenvalue weighted by molar-refractivity contribution is 0.0143. The summed E-state index contributed by atoms with van der Waals surface area (Å²) in [4.78, 5) is 0. The van der Waals surface area contributed by atoms with Crippen molar-refractivity contribution in [2.75, 3.05) is 19.8 Å². The molecule has 0 aliphatic rings. The molecule has 0 fully saturated rings. The van der Waals surface area contributed by atoms with Gasteiger partial charge in [-0.1, -0.05) is 12.1 Å². The van der Waals surface area contributed by atoms with Gasteiger partial charge in [0.2, 0.25) is 0 Å². The van der Waals surface area contributed by atoms with Gasteiger partial charge < -0.3 is 19.3 Å². The van der Waals surface area contributed by atoms with E-state index in [1.54, 1.807) is 6.92 Å². The number of hydrogen-bond donors (Lipinski definition) is 1. The SMILES string of the molecule is CC(O)COc1ccc(COCCOC(C)C)cc1. The summed E-state index contributed by atoms with van der Waals surface area (Å²) in [6.45, 7) is 7.80. The molecule has 1 atom stereocenters. The third kappa shape index (κ3) is 7.82. The molecular weight excluding hydrogens is 244 g/mol. The van der Waals surface area contributed by atoms with Crippen molar-refractivity contribution in [3.05, 3.63) is 29.8 Å². The number of benzene rings is 1. The highest BCUT2D eigenvalue weighted by Crippen LogP contribution is 2.13. The van der Waals surface area contributed by atoms with Crippen LogP contribution in [0.25, 0.3) is 0 Å². The second-order valence-corrected chi connectivity index (χ2v) is 4.78. The second-order valence-electron chi connectivity index (χ2n) is 4.78. The molecule has 1 rings (SSSR count). The van der Waals surface area contributed by atoms with Crippen LogP contribution in [0.1, 0.15) is 26.3 Å². The van der Waals surface area contributed by atoms with E-state index in [1.807, 2.05) is 38.1 Å². The van der Waals surface area contributed by atoms with Crippen molar-refractivity contribution in [1.29, 1.82) is 0 Å². The second kappa shape index (κ2) is 8.91. The summed E-state index contributed by atoms with van der Waals surface area (Å²) in [5.41, 5.74) is 1.09. The maximum Gasteiger partial charge on any atom is 0.119 e. The van der Waals surface area contributed by atoms with Gasteiger partial charge in [-0.25, -0.2) is 0 Å². The summed E-state index contributed by atoms with van der Waals surface area (Å²) < 4.78 is 16.3. The van der Waals surface area contributed by atoms with Crippen LogP contribution in [0.4, 0.5) is 0 Å². The predicted octanol–water partition coefficient (Wildman–Crippen LogP) is 2.39. The fourth-order valence-electron chi connectivity index (χ4n) is 1.43. The van der Waals surface area contributed by atoms with E-state index in [1.165, 1.54) is 0 Å². The van der Waals surface area contributed by atoms with Gasteiger partial charge in [-0.15, -0.1) is 0 Å². The average Bonchev–Trinajstić information content (AvgIpc) is 2.37. The van der Waals surface area contributed by atoms with Crippen molar-refractivity contribution in [3.63, 3.8) is 0 Å². The van der Waals surface area contributed by atoms with Crippen molar-refractivity contribution in [2.45, 2.75) is 39.6 Å². The van der Waals surface area contributed by atoms with Crippen LogP contribution >= 0.6 is 0 Å². The lowest BCUT2D eigenvalue weighted by atomic mass is 10.2. The molecule has 1 N–H and O–H groups in total. The van der Waals surface area contributed by atoms with E-state index in [0.29, 0.717) is 26.4 Å². The molecule has 0 spiro atoms. The summed E-state index contributed by atoms with van der Waals surface area (Å²) in [6, 6.07) is 7.68. The van der Waals surface area contributed by atoms with Crippen LogP contribution < -0.4 is 4.74 Å². The molecule has 4 heteroatoms. The Morgan fingerprint density at radius 2 is 1.74 bits per heavy atom. The van der Waals surface area contributed by atoms with Crippen LogP contribution in [-0.2, 0) is 16.1 Å². The highest BCUT2D eigenvalue weighted by atomic mass is 16.5. The number of rotatable bonds is 9. The Morgan fingerprint density at radius 1 is 1.05 bits per heavy atom. The monoisotopic (exact) mass is 268 g/mol. The van der Waals surface area contributed by atoms with E-state index < -0.39 is 6.10 Å². The first kappa shape index (κ1) is 16.0. The zero-order chi connectivity index (χ0) is 14.1. The lowest BCUT2D eigenvalue weighted by Gasteiger charge is -2.10. The molecule has 0 saturated heterocycles. The van der Waals surface area contributed by atoms with Crippen LogP contribution in [0.15, 0.2) is 24.3 Å². The molecule has 108 valence electrons. The summed E-state index contributed by atoms with van der Waals surface area (Å²) >= 11 is 0. The fraction of sp³-hybridized carbons (Fsp3) is 0.600. The van der Waals surface area contributed by atoms with Crippen LogP contribution in [0.2, 0.25) is 0 Å². The molecule has 0 heterocycles. The van der Waals surface area contributed by atoms with Crippen molar-refractivity contribution in [1.82, 2.24) is 0 Å². The molecule has 0 saturated carbocycles. The first-order valence-corrected chi connectivity index (χ1v) is 6.67. The smallest absolute Gasteiger partial charge is 0.119 e. The standard InChI is InChI=1S/C15H24O4/c1-12(2)18-9-8-17-11-14-4-6-15(7-5-14)19-10-13(3)16/h4-7,12-13,16H,8-11H2,1-3H3. The largest absolute Gasteiger partial charge is 0.491 e. The normalized spacial score (nSPS) is 12.7. The molecule has 19 heavy (non-hydrogen) atoms. The van der Waals surface area contributed by atoms with E-state index in [2.05, 4.69) is 0 Å². The number of hydrogen-bond acceptors (Lipinski definition) is 4. The molecule has 0 amide bonds. The molecule has 0 aliphatic carbocycles. The van der Waals surface area contributed by atoms with Crippen molar-refractivity contribution in [2.24, 2.45) is 0 Å². The quantitative estimate of drug-likeness (QED) is 0.699. The lowest BCUT2D eigenvalue weighted by Crippen LogP contribution is -2.12. The topological polar surface area (TPSA) is 47.9 Å². The minimum Gasteiger partial charge on any atom is -0.491 e.